The first kappa shape index (κ1) is 19.1. The lowest BCUT2D eigenvalue weighted by molar-refractivity contribution is 0.301. The van der Waals surface area contributed by atoms with Crippen LogP contribution in [0.1, 0.15) is 5.69 Å². The zero-order valence-electron chi connectivity index (χ0n) is 16.4. The maximum atomic E-state index is 6.45. The van der Waals surface area contributed by atoms with Crippen LogP contribution in [0, 0.1) is 0 Å². The van der Waals surface area contributed by atoms with Gasteiger partial charge >= 0.3 is 0 Å². The lowest BCUT2D eigenvalue weighted by atomic mass is 10.1. The van der Waals surface area contributed by atoms with Crippen molar-refractivity contribution in [3.05, 3.63) is 96.3 Å². The number of hydrogen-bond donors (Lipinski definition) is 2. The van der Waals surface area contributed by atoms with E-state index in [4.69, 9.17) is 16.3 Å². The molecule has 5 aromatic rings. The molecule has 0 saturated carbocycles. The summed E-state index contributed by atoms with van der Waals surface area (Å²) in [5.41, 5.74) is 4.70. The molecule has 0 fully saturated rings. The van der Waals surface area contributed by atoms with Crippen LogP contribution >= 0.6 is 11.6 Å². The number of hydrogen-bond acceptors (Lipinski definition) is 5. The molecule has 2 N–H and O–H groups in total. The number of ether oxygens (including phenoxy) is 1. The third-order valence-corrected chi connectivity index (χ3v) is 5.16. The number of anilines is 2. The third kappa shape index (κ3) is 4.20. The highest BCUT2D eigenvalue weighted by molar-refractivity contribution is 6.32. The Hall–Kier alpha value is -3.90. The smallest absolute Gasteiger partial charge is 0.141 e. The van der Waals surface area contributed by atoms with Crippen molar-refractivity contribution in [1.82, 2.24) is 19.9 Å². The average molecular weight is 428 g/mol. The van der Waals surface area contributed by atoms with Crippen LogP contribution in [-0.4, -0.2) is 19.9 Å². The molecule has 0 bridgehead atoms. The number of H-pyrrole nitrogens is 1. The molecule has 152 valence electrons. The van der Waals surface area contributed by atoms with Gasteiger partial charge in [-0.3, -0.25) is 4.98 Å². The van der Waals surface area contributed by atoms with E-state index in [1.54, 1.807) is 12.5 Å². The van der Waals surface area contributed by atoms with Crippen molar-refractivity contribution in [2.75, 3.05) is 5.32 Å². The van der Waals surface area contributed by atoms with Crippen LogP contribution in [0.25, 0.3) is 22.0 Å². The Balaban J connectivity index is 1.39. The first-order valence-corrected chi connectivity index (χ1v) is 10.1. The molecule has 0 unspecified atom stereocenters. The highest BCUT2D eigenvalue weighted by Gasteiger charge is 2.09. The summed E-state index contributed by atoms with van der Waals surface area (Å²) in [4.78, 5) is 16.2. The molecule has 0 atom stereocenters. The summed E-state index contributed by atoms with van der Waals surface area (Å²) < 4.78 is 5.80. The average Bonchev–Trinajstić information content (AvgIpc) is 3.34. The van der Waals surface area contributed by atoms with Gasteiger partial charge in [0.25, 0.3) is 0 Å². The second-order valence-corrected chi connectivity index (χ2v) is 7.34. The number of nitrogens with one attached hydrogen (secondary N) is 2. The fourth-order valence-electron chi connectivity index (χ4n) is 3.31. The van der Waals surface area contributed by atoms with Crippen molar-refractivity contribution in [1.29, 1.82) is 0 Å². The first-order chi connectivity index (χ1) is 15.3. The number of halogens is 1. The Morgan fingerprint density at radius 1 is 0.935 bits per heavy atom. The number of pyridine rings is 1. The molecule has 0 radical (unpaired) electrons. The van der Waals surface area contributed by atoms with E-state index < -0.39 is 0 Å². The minimum absolute atomic E-state index is 0.353. The molecular weight excluding hydrogens is 410 g/mol. The fraction of sp³-hybridized carbons (Fsp3) is 0.0417. The van der Waals surface area contributed by atoms with Crippen molar-refractivity contribution >= 4 is 34.0 Å². The molecule has 3 heterocycles. The number of rotatable bonds is 6. The Morgan fingerprint density at radius 3 is 2.71 bits per heavy atom. The summed E-state index contributed by atoms with van der Waals surface area (Å²) in [5, 5.41) is 4.78. The summed E-state index contributed by atoms with van der Waals surface area (Å²) in [6.07, 6.45) is 7.15. The van der Waals surface area contributed by atoms with Gasteiger partial charge in [-0.15, -0.1) is 0 Å². The van der Waals surface area contributed by atoms with Crippen LogP contribution in [0.3, 0.4) is 0 Å². The Bertz CT molecular complexity index is 1320. The molecule has 0 aliphatic rings. The summed E-state index contributed by atoms with van der Waals surface area (Å²) in [7, 11) is 0. The summed E-state index contributed by atoms with van der Waals surface area (Å²) in [6.45, 7) is 0.353. The van der Waals surface area contributed by atoms with Gasteiger partial charge < -0.3 is 15.0 Å². The number of nitrogens with zero attached hydrogens (tertiary/aromatic N) is 3. The van der Waals surface area contributed by atoms with E-state index in [0.29, 0.717) is 23.2 Å². The Morgan fingerprint density at radius 2 is 1.90 bits per heavy atom. The second kappa shape index (κ2) is 8.45. The van der Waals surface area contributed by atoms with Gasteiger partial charge in [-0.2, -0.15) is 0 Å². The summed E-state index contributed by atoms with van der Waals surface area (Å²) in [6, 6.07) is 19.4. The van der Waals surface area contributed by atoms with Crippen molar-refractivity contribution in [3.63, 3.8) is 0 Å². The van der Waals surface area contributed by atoms with Crippen molar-refractivity contribution in [2.24, 2.45) is 0 Å². The minimum Gasteiger partial charge on any atom is -0.486 e. The molecular formula is C24H18ClN5O. The number of benzene rings is 2. The van der Waals surface area contributed by atoms with Gasteiger partial charge in [0, 0.05) is 29.7 Å². The molecule has 2 aromatic carbocycles. The van der Waals surface area contributed by atoms with E-state index in [-0.39, 0.29) is 0 Å². The van der Waals surface area contributed by atoms with Crippen LogP contribution in [0.5, 0.6) is 5.75 Å². The van der Waals surface area contributed by atoms with Gasteiger partial charge in [0.15, 0.2) is 0 Å². The van der Waals surface area contributed by atoms with Gasteiger partial charge in [0.2, 0.25) is 0 Å². The van der Waals surface area contributed by atoms with Crippen LogP contribution in [0.4, 0.5) is 11.5 Å². The topological polar surface area (TPSA) is 75.7 Å². The van der Waals surface area contributed by atoms with Crippen molar-refractivity contribution in [2.45, 2.75) is 6.61 Å². The largest absolute Gasteiger partial charge is 0.486 e. The minimum atomic E-state index is 0.353. The van der Waals surface area contributed by atoms with E-state index in [9.17, 15) is 0 Å². The number of aromatic nitrogens is 4. The van der Waals surface area contributed by atoms with E-state index in [2.05, 4.69) is 31.3 Å². The Kier molecular flexibility index (Phi) is 5.21. The standard InChI is InChI=1S/C24H18ClN5O/c25-21-12-18(5-7-23(21)31-14-19-3-1-2-9-27-19)30-24-20-11-16(17-8-10-26-13-17)4-6-22(20)28-15-29-24/h1-13,15,26H,14H2,(H,28,29,30). The molecule has 0 aliphatic carbocycles. The molecule has 31 heavy (non-hydrogen) atoms. The number of fused-ring (bicyclic) bond motifs is 1. The predicted molar refractivity (Wildman–Crippen MR) is 123 cm³/mol. The van der Waals surface area contributed by atoms with E-state index in [1.165, 1.54) is 0 Å². The third-order valence-electron chi connectivity index (χ3n) is 4.86. The maximum Gasteiger partial charge on any atom is 0.141 e. The maximum absolute atomic E-state index is 6.45. The molecule has 0 amide bonds. The van der Waals surface area contributed by atoms with Gasteiger partial charge in [0.05, 0.1) is 16.2 Å². The molecule has 3 aromatic heterocycles. The quantitative estimate of drug-likeness (QED) is 0.347. The lowest BCUT2D eigenvalue weighted by Crippen LogP contribution is -1.99. The highest BCUT2D eigenvalue weighted by atomic mass is 35.5. The molecule has 7 heteroatoms. The molecule has 0 saturated heterocycles. The van der Waals surface area contributed by atoms with Crippen LogP contribution in [0.15, 0.2) is 85.6 Å². The van der Waals surface area contributed by atoms with Crippen LogP contribution < -0.4 is 10.1 Å². The zero-order chi connectivity index (χ0) is 21.0. The summed E-state index contributed by atoms with van der Waals surface area (Å²) in [5.74, 6) is 1.31. The normalized spacial score (nSPS) is 10.9. The fourth-order valence-corrected chi connectivity index (χ4v) is 3.54. The monoisotopic (exact) mass is 427 g/mol. The van der Waals surface area contributed by atoms with Gasteiger partial charge in [-0.05, 0) is 59.7 Å². The SMILES string of the molecule is Clc1cc(Nc2ncnc3ccc(-c4cc[nH]c4)cc23)ccc1OCc1ccccn1. The van der Waals surface area contributed by atoms with Crippen molar-refractivity contribution in [3.8, 4) is 16.9 Å². The molecule has 6 nitrogen and oxygen atoms in total. The van der Waals surface area contributed by atoms with E-state index in [0.717, 1.165) is 33.4 Å². The first-order valence-electron chi connectivity index (χ1n) is 9.73. The van der Waals surface area contributed by atoms with E-state index in [1.807, 2.05) is 67.0 Å². The van der Waals surface area contributed by atoms with E-state index >= 15 is 0 Å². The summed E-state index contributed by atoms with van der Waals surface area (Å²) >= 11 is 6.45. The van der Waals surface area contributed by atoms with Crippen LogP contribution in [-0.2, 0) is 6.61 Å². The molecule has 0 aliphatic heterocycles. The van der Waals surface area contributed by atoms with Crippen LogP contribution in [0.2, 0.25) is 5.02 Å². The Labute approximate surface area is 183 Å². The number of aromatic amines is 1. The molecule has 5 rings (SSSR count). The predicted octanol–water partition coefficient (Wildman–Crippen LogP) is 6.00. The second-order valence-electron chi connectivity index (χ2n) is 6.93. The van der Waals surface area contributed by atoms with Gasteiger partial charge in [-0.1, -0.05) is 23.7 Å². The highest BCUT2D eigenvalue weighted by Crippen LogP contribution is 2.32. The van der Waals surface area contributed by atoms with Gasteiger partial charge in [-0.25, -0.2) is 9.97 Å². The lowest BCUT2D eigenvalue weighted by Gasteiger charge is -2.12. The molecule has 0 spiro atoms. The van der Waals surface area contributed by atoms with Crippen molar-refractivity contribution < 1.29 is 4.74 Å². The van der Waals surface area contributed by atoms with Gasteiger partial charge in [0.1, 0.15) is 24.5 Å². The zero-order valence-corrected chi connectivity index (χ0v) is 17.2.